The number of aliphatic hydroxyl groups is 3. The van der Waals surface area contributed by atoms with Crippen LogP contribution in [0.3, 0.4) is 0 Å². The van der Waals surface area contributed by atoms with E-state index in [0.717, 1.165) is 50.9 Å². The number of carbonyl (C=O) groups excluding carboxylic acids is 1. The Bertz CT molecular complexity index is 471. The van der Waals surface area contributed by atoms with Gasteiger partial charge < -0.3 is 20.1 Å². The predicted octanol–water partition coefficient (Wildman–Crippen LogP) is 3.21. The minimum atomic E-state index is -0.530. The van der Waals surface area contributed by atoms with Crippen molar-refractivity contribution in [2.75, 3.05) is 7.11 Å². The Kier molecular flexibility index (Phi) is 9.27. The van der Waals surface area contributed by atoms with Crippen LogP contribution in [-0.4, -0.2) is 46.7 Å². The first-order valence-corrected chi connectivity index (χ1v) is 10.8. The van der Waals surface area contributed by atoms with Gasteiger partial charge >= 0.3 is 5.97 Å². The molecule has 2 aliphatic rings. The van der Waals surface area contributed by atoms with Crippen molar-refractivity contribution in [3.63, 3.8) is 0 Å². The molecule has 2 saturated carbocycles. The van der Waals surface area contributed by atoms with E-state index < -0.39 is 18.3 Å². The van der Waals surface area contributed by atoms with E-state index in [4.69, 9.17) is 0 Å². The summed E-state index contributed by atoms with van der Waals surface area (Å²) >= 11 is 0. The first-order chi connectivity index (χ1) is 13.0. The number of methoxy groups -OCH3 is 1. The molecule has 0 heterocycles. The van der Waals surface area contributed by atoms with Crippen molar-refractivity contribution in [3.05, 3.63) is 12.2 Å². The van der Waals surface area contributed by atoms with Crippen LogP contribution in [0.1, 0.15) is 71.1 Å². The zero-order chi connectivity index (χ0) is 19.8. The molecule has 0 bridgehead atoms. The number of rotatable bonds is 11. The van der Waals surface area contributed by atoms with Crippen molar-refractivity contribution >= 4 is 5.97 Å². The van der Waals surface area contributed by atoms with E-state index in [9.17, 15) is 20.1 Å². The smallest absolute Gasteiger partial charge is 0.305 e. The molecule has 2 fully saturated rings. The highest BCUT2D eigenvalue weighted by molar-refractivity contribution is 5.68. The molecule has 0 radical (unpaired) electrons. The van der Waals surface area contributed by atoms with Crippen molar-refractivity contribution in [1.82, 2.24) is 0 Å². The fourth-order valence-corrected chi connectivity index (χ4v) is 4.68. The number of aliphatic hydroxyl groups excluding tert-OH is 3. The average molecular weight is 383 g/mol. The Morgan fingerprint density at radius 1 is 1.11 bits per heavy atom. The summed E-state index contributed by atoms with van der Waals surface area (Å²) in [6.45, 7) is 2.19. The van der Waals surface area contributed by atoms with Gasteiger partial charge in [-0.15, -0.1) is 0 Å². The second-order valence-corrected chi connectivity index (χ2v) is 8.52. The van der Waals surface area contributed by atoms with Gasteiger partial charge in [0.25, 0.3) is 0 Å². The SMILES string of the molecule is CCC1CC([C@H](O)/C=C/[C@@H]2[C@@H](CCCCCCC(=O)OC)[C@H](O)C[C@H]2O)C1. The second-order valence-electron chi connectivity index (χ2n) is 8.52. The van der Waals surface area contributed by atoms with E-state index >= 15 is 0 Å². The third-order valence-electron chi connectivity index (χ3n) is 6.67. The Morgan fingerprint density at radius 2 is 1.81 bits per heavy atom. The summed E-state index contributed by atoms with van der Waals surface area (Å²) in [5, 5.41) is 31.0. The summed E-state index contributed by atoms with van der Waals surface area (Å²) in [5.41, 5.74) is 0. The van der Waals surface area contributed by atoms with Crippen LogP contribution in [0.25, 0.3) is 0 Å². The molecule has 3 N–H and O–H groups in total. The van der Waals surface area contributed by atoms with Crippen LogP contribution in [0.4, 0.5) is 0 Å². The van der Waals surface area contributed by atoms with Crippen molar-refractivity contribution in [1.29, 1.82) is 0 Å². The molecule has 0 aliphatic heterocycles. The summed E-state index contributed by atoms with van der Waals surface area (Å²) < 4.78 is 4.64. The standard InChI is InChI=1S/C22H38O5/c1-3-15-12-16(13-15)19(23)11-10-18-17(20(24)14-21(18)25)8-6-4-5-7-9-22(26)27-2/h10-11,15-21,23-25H,3-9,12-14H2,1-2H3/b11-10+/t15?,16?,17-,18-,19-,20-,21-/m1/s1. The maximum absolute atomic E-state index is 11.1. The quantitative estimate of drug-likeness (QED) is 0.290. The molecule has 2 rings (SSSR count). The van der Waals surface area contributed by atoms with Crippen molar-refractivity contribution < 1.29 is 24.9 Å². The molecule has 0 aromatic carbocycles. The number of ether oxygens (including phenoxy) is 1. The molecule has 5 atom stereocenters. The van der Waals surface area contributed by atoms with E-state index in [1.54, 1.807) is 0 Å². The Morgan fingerprint density at radius 3 is 2.48 bits per heavy atom. The minimum Gasteiger partial charge on any atom is -0.469 e. The minimum absolute atomic E-state index is 0.0498. The summed E-state index contributed by atoms with van der Waals surface area (Å²) in [6, 6.07) is 0. The lowest BCUT2D eigenvalue weighted by molar-refractivity contribution is -0.140. The van der Waals surface area contributed by atoms with Crippen LogP contribution in [-0.2, 0) is 9.53 Å². The molecule has 0 saturated heterocycles. The van der Waals surface area contributed by atoms with Gasteiger partial charge in [0, 0.05) is 18.8 Å². The number of carbonyl (C=O) groups is 1. The Labute approximate surface area is 163 Å². The summed E-state index contributed by atoms with van der Waals surface area (Å²) in [4.78, 5) is 11.1. The van der Waals surface area contributed by atoms with E-state index in [1.165, 1.54) is 13.5 Å². The summed E-state index contributed by atoms with van der Waals surface area (Å²) in [6.07, 6.45) is 11.3. The van der Waals surface area contributed by atoms with Gasteiger partial charge in [-0.05, 0) is 43.4 Å². The molecule has 5 heteroatoms. The highest BCUT2D eigenvalue weighted by atomic mass is 16.5. The summed E-state index contributed by atoms with van der Waals surface area (Å²) in [5.74, 6) is 0.914. The maximum Gasteiger partial charge on any atom is 0.305 e. The van der Waals surface area contributed by atoms with Gasteiger partial charge in [-0.2, -0.15) is 0 Å². The number of hydrogen-bond donors (Lipinski definition) is 3. The number of hydrogen-bond acceptors (Lipinski definition) is 5. The third kappa shape index (κ3) is 6.58. The van der Waals surface area contributed by atoms with E-state index in [0.29, 0.717) is 18.8 Å². The van der Waals surface area contributed by atoms with E-state index in [2.05, 4.69) is 11.7 Å². The Hall–Kier alpha value is -0.910. The number of esters is 1. The molecule has 27 heavy (non-hydrogen) atoms. The zero-order valence-corrected chi connectivity index (χ0v) is 16.9. The first kappa shape index (κ1) is 22.4. The van der Waals surface area contributed by atoms with Gasteiger partial charge in [-0.1, -0.05) is 44.8 Å². The van der Waals surface area contributed by atoms with Gasteiger partial charge in [-0.3, -0.25) is 4.79 Å². The van der Waals surface area contributed by atoms with E-state index in [1.807, 2.05) is 12.2 Å². The molecule has 0 unspecified atom stereocenters. The van der Waals surface area contributed by atoms with Crippen molar-refractivity contribution in [2.24, 2.45) is 23.7 Å². The predicted molar refractivity (Wildman–Crippen MR) is 105 cm³/mol. The van der Waals surface area contributed by atoms with Gasteiger partial charge in [0.1, 0.15) is 0 Å². The lowest BCUT2D eigenvalue weighted by Gasteiger charge is -2.37. The van der Waals surface area contributed by atoms with Gasteiger partial charge in [-0.25, -0.2) is 0 Å². The van der Waals surface area contributed by atoms with Crippen LogP contribution in [0, 0.1) is 23.7 Å². The molecule has 156 valence electrons. The third-order valence-corrected chi connectivity index (χ3v) is 6.67. The molecule has 5 nitrogen and oxygen atoms in total. The van der Waals surface area contributed by atoms with Crippen LogP contribution >= 0.6 is 0 Å². The molecule has 0 spiro atoms. The fourth-order valence-electron chi connectivity index (χ4n) is 4.68. The second kappa shape index (κ2) is 11.2. The molecular formula is C22H38O5. The molecule has 2 aliphatic carbocycles. The largest absolute Gasteiger partial charge is 0.469 e. The monoisotopic (exact) mass is 382 g/mol. The first-order valence-electron chi connectivity index (χ1n) is 10.8. The normalized spacial score (nSPS) is 34.6. The van der Waals surface area contributed by atoms with Crippen LogP contribution in [0.15, 0.2) is 12.2 Å². The van der Waals surface area contributed by atoms with Gasteiger partial charge in [0.2, 0.25) is 0 Å². The highest BCUT2D eigenvalue weighted by Crippen LogP contribution is 2.40. The van der Waals surface area contributed by atoms with Gasteiger partial charge in [0.15, 0.2) is 0 Å². The van der Waals surface area contributed by atoms with Crippen LogP contribution in [0.5, 0.6) is 0 Å². The molecule has 0 aromatic heterocycles. The topological polar surface area (TPSA) is 87.0 Å². The summed E-state index contributed by atoms with van der Waals surface area (Å²) in [7, 11) is 1.41. The van der Waals surface area contributed by atoms with Crippen LogP contribution < -0.4 is 0 Å². The molecule has 0 aromatic rings. The molecular weight excluding hydrogens is 344 g/mol. The molecule has 0 amide bonds. The highest BCUT2D eigenvalue weighted by Gasteiger charge is 2.40. The van der Waals surface area contributed by atoms with Crippen LogP contribution in [0.2, 0.25) is 0 Å². The lowest BCUT2D eigenvalue weighted by atomic mass is 9.70. The number of unbranched alkanes of at least 4 members (excludes halogenated alkanes) is 3. The van der Waals surface area contributed by atoms with Gasteiger partial charge in [0.05, 0.1) is 25.4 Å². The van der Waals surface area contributed by atoms with Crippen molar-refractivity contribution in [2.45, 2.75) is 89.4 Å². The van der Waals surface area contributed by atoms with Crippen molar-refractivity contribution in [3.8, 4) is 0 Å². The maximum atomic E-state index is 11.1. The average Bonchev–Trinajstić information content (AvgIpc) is 2.87. The Balaban J connectivity index is 1.73. The van der Waals surface area contributed by atoms with E-state index in [-0.39, 0.29) is 17.8 Å². The fraction of sp³-hybridized carbons (Fsp3) is 0.864. The lowest BCUT2D eigenvalue weighted by Crippen LogP contribution is -2.32. The zero-order valence-electron chi connectivity index (χ0n) is 16.9.